The van der Waals surface area contributed by atoms with Gasteiger partial charge < -0.3 is 20.5 Å². The summed E-state index contributed by atoms with van der Waals surface area (Å²) in [5.41, 5.74) is 5.18. The van der Waals surface area contributed by atoms with Gasteiger partial charge in [-0.25, -0.2) is 4.57 Å². The van der Waals surface area contributed by atoms with Gasteiger partial charge in [-0.15, -0.1) is 0 Å². The van der Waals surface area contributed by atoms with Crippen molar-refractivity contribution in [3.63, 3.8) is 0 Å². The van der Waals surface area contributed by atoms with E-state index in [1.54, 1.807) is 0 Å². The van der Waals surface area contributed by atoms with Crippen molar-refractivity contribution in [2.75, 3.05) is 26.4 Å². The second-order valence-electron chi connectivity index (χ2n) is 9.12. The van der Waals surface area contributed by atoms with Gasteiger partial charge in [-0.3, -0.25) is 13.8 Å². The molecule has 0 aromatic rings. The molecule has 0 radical (unpaired) electrons. The Hall–Kier alpha value is -1.02. The molecule has 0 heterocycles. The Kier molecular flexibility index (Phi) is 24.9. The second kappa shape index (κ2) is 25.6. The number of hydrogen-bond donors (Lipinski definition) is 3. The van der Waals surface area contributed by atoms with Crippen molar-refractivity contribution in [3.8, 4) is 0 Å². The summed E-state index contributed by atoms with van der Waals surface area (Å²) in [4.78, 5) is 21.1. The Bertz CT molecular complexity index is 613. The number of nitrogens with two attached hydrogens (primary N) is 1. The van der Waals surface area contributed by atoms with E-state index in [1.807, 2.05) is 0 Å². The fourth-order valence-electron chi connectivity index (χ4n) is 3.48. The maximum absolute atomic E-state index is 11.7. The molecule has 0 aliphatic rings. The van der Waals surface area contributed by atoms with E-state index in [0.717, 1.165) is 25.7 Å². The van der Waals surface area contributed by atoms with E-state index in [9.17, 15) is 19.4 Å². The average molecular weight is 534 g/mol. The van der Waals surface area contributed by atoms with E-state index in [0.29, 0.717) is 6.42 Å². The van der Waals surface area contributed by atoms with Crippen molar-refractivity contribution in [1.29, 1.82) is 0 Å². The zero-order valence-electron chi connectivity index (χ0n) is 22.5. The fraction of sp³-hybridized carbons (Fsp3) is 0.815. The van der Waals surface area contributed by atoms with E-state index in [2.05, 4.69) is 40.3 Å². The number of phosphoric ester groups is 1. The van der Waals surface area contributed by atoms with Crippen LogP contribution >= 0.6 is 7.82 Å². The lowest BCUT2D eigenvalue weighted by Gasteiger charge is -2.15. The zero-order valence-corrected chi connectivity index (χ0v) is 23.4. The van der Waals surface area contributed by atoms with E-state index >= 15 is 0 Å². The Morgan fingerprint density at radius 1 is 0.833 bits per heavy atom. The first-order chi connectivity index (χ1) is 17.4. The maximum atomic E-state index is 11.7. The number of aliphatic hydroxyl groups is 1. The largest absolute Gasteiger partial charge is 0.472 e. The topological polar surface area (TPSA) is 128 Å². The SMILES string of the molecule is CCCCC/C=C\C/C=C\CCCCCCCCCCCC(=O)OC[C@@H](O)COP(=O)(O)OCCN. The first kappa shape index (κ1) is 35.0. The number of allylic oxidation sites excluding steroid dienone is 4. The quantitative estimate of drug-likeness (QED) is 0.0507. The van der Waals surface area contributed by atoms with Crippen molar-refractivity contribution in [1.82, 2.24) is 0 Å². The van der Waals surface area contributed by atoms with Crippen LogP contribution in [0, 0.1) is 0 Å². The van der Waals surface area contributed by atoms with Crippen LogP contribution in [0.3, 0.4) is 0 Å². The summed E-state index contributed by atoms with van der Waals surface area (Å²) >= 11 is 0. The van der Waals surface area contributed by atoms with Crippen LogP contribution in [0.4, 0.5) is 0 Å². The van der Waals surface area contributed by atoms with E-state index in [1.165, 1.54) is 70.6 Å². The number of phosphoric acid groups is 1. The molecule has 0 aliphatic heterocycles. The molecule has 0 saturated heterocycles. The number of rotatable bonds is 26. The highest BCUT2D eigenvalue weighted by Crippen LogP contribution is 2.42. The normalized spacial score (nSPS) is 14.4. The van der Waals surface area contributed by atoms with Crippen molar-refractivity contribution < 1.29 is 33.1 Å². The summed E-state index contributed by atoms with van der Waals surface area (Å²) in [6.07, 6.45) is 26.0. The third-order valence-corrected chi connectivity index (χ3v) is 6.55. The van der Waals surface area contributed by atoms with Gasteiger partial charge in [0.15, 0.2) is 0 Å². The Balaban J connectivity index is 3.44. The standard InChI is InChI=1S/C27H52NO7P/c1-2-3-4-5-6-7-8-9-10-11-12-13-14-15-16-17-18-19-20-21-27(30)33-24-26(29)25-35-36(31,32)34-23-22-28/h6-7,9-10,26,29H,2-5,8,11-25,28H2,1H3,(H,31,32)/b7-6-,10-9-/t26-/m1/s1. The first-order valence-corrected chi connectivity index (χ1v) is 15.4. The Morgan fingerprint density at radius 2 is 1.39 bits per heavy atom. The number of aliphatic hydroxyl groups excluding tert-OH is 1. The molecule has 1 unspecified atom stereocenters. The summed E-state index contributed by atoms with van der Waals surface area (Å²) in [6.45, 7) is 1.42. The lowest BCUT2D eigenvalue weighted by Crippen LogP contribution is -2.23. The number of hydrogen-bond acceptors (Lipinski definition) is 7. The molecule has 36 heavy (non-hydrogen) atoms. The highest BCUT2D eigenvalue weighted by molar-refractivity contribution is 7.47. The molecule has 0 spiro atoms. The first-order valence-electron chi connectivity index (χ1n) is 13.9. The molecule has 0 amide bonds. The molecule has 0 aliphatic carbocycles. The number of carbonyl (C=O) groups is 1. The van der Waals surface area contributed by atoms with Crippen molar-refractivity contribution in [2.24, 2.45) is 5.73 Å². The van der Waals surface area contributed by atoms with Gasteiger partial charge in [0, 0.05) is 13.0 Å². The average Bonchev–Trinajstić information content (AvgIpc) is 2.86. The Morgan fingerprint density at radius 3 is 1.97 bits per heavy atom. The number of esters is 1. The molecule has 0 bridgehead atoms. The molecule has 0 aromatic heterocycles. The van der Waals surface area contributed by atoms with Gasteiger partial charge in [-0.1, -0.05) is 89.0 Å². The van der Waals surface area contributed by atoms with Gasteiger partial charge in [0.25, 0.3) is 0 Å². The Labute approximate surface area is 219 Å². The van der Waals surface area contributed by atoms with Crippen LogP contribution in [-0.4, -0.2) is 48.4 Å². The lowest BCUT2D eigenvalue weighted by molar-refractivity contribution is -0.147. The molecule has 9 heteroatoms. The highest BCUT2D eigenvalue weighted by atomic mass is 31.2. The molecule has 8 nitrogen and oxygen atoms in total. The molecule has 2 atom stereocenters. The van der Waals surface area contributed by atoms with E-state index in [-0.39, 0.29) is 19.8 Å². The molecule has 212 valence electrons. The second-order valence-corrected chi connectivity index (χ2v) is 10.6. The van der Waals surface area contributed by atoms with Gasteiger partial charge in [0.1, 0.15) is 12.7 Å². The molecule has 0 saturated carbocycles. The van der Waals surface area contributed by atoms with Gasteiger partial charge in [0.2, 0.25) is 0 Å². The third kappa shape index (κ3) is 26.1. The van der Waals surface area contributed by atoms with Gasteiger partial charge in [0.05, 0.1) is 13.2 Å². The van der Waals surface area contributed by atoms with Crippen molar-refractivity contribution in [3.05, 3.63) is 24.3 Å². The van der Waals surface area contributed by atoms with Crippen molar-refractivity contribution in [2.45, 2.75) is 116 Å². The summed E-state index contributed by atoms with van der Waals surface area (Å²) in [5, 5.41) is 9.70. The van der Waals surface area contributed by atoms with Crippen molar-refractivity contribution >= 4 is 13.8 Å². The van der Waals surface area contributed by atoms with Crippen LogP contribution in [-0.2, 0) is 23.1 Å². The van der Waals surface area contributed by atoms with Crippen LogP contribution in [0.1, 0.15) is 110 Å². The number of unbranched alkanes of at least 4 members (excludes halogenated alkanes) is 12. The summed E-state index contributed by atoms with van der Waals surface area (Å²) in [6, 6.07) is 0. The van der Waals surface area contributed by atoms with Crippen LogP contribution < -0.4 is 5.73 Å². The van der Waals surface area contributed by atoms with E-state index < -0.39 is 26.5 Å². The summed E-state index contributed by atoms with van der Waals surface area (Å²) in [7, 11) is -4.25. The lowest BCUT2D eigenvalue weighted by atomic mass is 10.1. The maximum Gasteiger partial charge on any atom is 0.472 e. The fourth-order valence-corrected chi connectivity index (χ4v) is 4.25. The van der Waals surface area contributed by atoms with Crippen LogP contribution in [0.15, 0.2) is 24.3 Å². The third-order valence-electron chi connectivity index (χ3n) is 5.57. The smallest absolute Gasteiger partial charge is 0.463 e. The molecule has 0 rings (SSSR count). The van der Waals surface area contributed by atoms with Crippen LogP contribution in [0.5, 0.6) is 0 Å². The molecule has 4 N–H and O–H groups in total. The minimum atomic E-state index is -4.25. The predicted octanol–water partition coefficient (Wildman–Crippen LogP) is 6.36. The monoisotopic (exact) mass is 533 g/mol. The minimum absolute atomic E-state index is 0.0734. The minimum Gasteiger partial charge on any atom is -0.463 e. The predicted molar refractivity (Wildman–Crippen MR) is 146 cm³/mol. The summed E-state index contributed by atoms with van der Waals surface area (Å²) < 4.78 is 25.6. The van der Waals surface area contributed by atoms with Gasteiger partial charge in [-0.2, -0.15) is 0 Å². The molecular formula is C27H52NO7P. The molecular weight excluding hydrogens is 481 g/mol. The summed E-state index contributed by atoms with van der Waals surface area (Å²) in [5.74, 6) is -0.391. The number of carbonyl (C=O) groups excluding carboxylic acids is 1. The highest BCUT2D eigenvalue weighted by Gasteiger charge is 2.22. The van der Waals surface area contributed by atoms with Gasteiger partial charge >= 0.3 is 13.8 Å². The van der Waals surface area contributed by atoms with Gasteiger partial charge in [-0.05, 0) is 38.5 Å². The molecule has 0 aromatic carbocycles. The number of ether oxygens (including phenoxy) is 1. The molecule has 0 fully saturated rings. The zero-order chi connectivity index (χ0) is 26.7. The van der Waals surface area contributed by atoms with Crippen LogP contribution in [0.25, 0.3) is 0 Å². The van der Waals surface area contributed by atoms with E-state index in [4.69, 9.17) is 10.5 Å². The van der Waals surface area contributed by atoms with Crippen LogP contribution in [0.2, 0.25) is 0 Å².